The molecule has 0 aromatic heterocycles. The summed E-state index contributed by atoms with van der Waals surface area (Å²) >= 11 is 0. The van der Waals surface area contributed by atoms with Gasteiger partial charge in [-0.1, -0.05) is 13.0 Å². The van der Waals surface area contributed by atoms with E-state index in [1.807, 2.05) is 6.92 Å². The van der Waals surface area contributed by atoms with Gasteiger partial charge >= 0.3 is 0 Å². The van der Waals surface area contributed by atoms with E-state index in [-0.39, 0.29) is 18.4 Å². The van der Waals surface area contributed by atoms with Crippen LogP contribution in [-0.2, 0) is 6.42 Å². The van der Waals surface area contributed by atoms with Crippen LogP contribution in [0, 0.1) is 13.8 Å². The number of aryl methyl sites for hydroxylation is 2. The molecule has 1 aromatic rings. The van der Waals surface area contributed by atoms with Gasteiger partial charge in [-0.05, 0) is 56.4 Å². The SMILES string of the molecule is CCCOc1cc(C)c(C)cc1CC(C)N.Cl. The van der Waals surface area contributed by atoms with Crippen molar-refractivity contribution in [2.24, 2.45) is 5.73 Å². The normalized spacial score (nSPS) is 11.8. The molecule has 0 radical (unpaired) electrons. The molecule has 98 valence electrons. The van der Waals surface area contributed by atoms with Gasteiger partial charge in [0.1, 0.15) is 5.75 Å². The minimum atomic E-state index is 0. The lowest BCUT2D eigenvalue weighted by atomic mass is 10.0. The third kappa shape index (κ3) is 4.97. The second-order valence-electron chi connectivity index (χ2n) is 4.57. The molecule has 0 spiro atoms. The number of nitrogens with two attached hydrogens (primary N) is 1. The first-order chi connectivity index (χ1) is 7.54. The first-order valence-electron chi connectivity index (χ1n) is 6.03. The highest BCUT2D eigenvalue weighted by atomic mass is 35.5. The summed E-state index contributed by atoms with van der Waals surface area (Å²) in [5.74, 6) is 1.00. The predicted octanol–water partition coefficient (Wildman–Crippen LogP) is 3.40. The Balaban J connectivity index is 0.00000256. The summed E-state index contributed by atoms with van der Waals surface area (Å²) in [6.45, 7) is 9.16. The summed E-state index contributed by atoms with van der Waals surface area (Å²) in [7, 11) is 0. The molecule has 0 saturated heterocycles. The standard InChI is InChI=1S/C14H23NO.ClH/c1-5-6-16-14-8-11(3)10(2)7-13(14)9-12(4)15;/h7-8,12H,5-6,9,15H2,1-4H3;1H. The second kappa shape index (κ2) is 7.57. The van der Waals surface area contributed by atoms with Crippen molar-refractivity contribution < 1.29 is 4.74 Å². The minimum Gasteiger partial charge on any atom is -0.493 e. The fourth-order valence-corrected chi connectivity index (χ4v) is 1.70. The van der Waals surface area contributed by atoms with Crippen molar-refractivity contribution in [2.45, 2.75) is 46.6 Å². The molecule has 0 amide bonds. The molecular weight excluding hydrogens is 234 g/mol. The van der Waals surface area contributed by atoms with Gasteiger partial charge in [0.25, 0.3) is 0 Å². The van der Waals surface area contributed by atoms with Gasteiger partial charge in [-0.2, -0.15) is 0 Å². The fourth-order valence-electron chi connectivity index (χ4n) is 1.70. The summed E-state index contributed by atoms with van der Waals surface area (Å²) in [5.41, 5.74) is 9.67. The van der Waals surface area contributed by atoms with Crippen molar-refractivity contribution in [1.29, 1.82) is 0 Å². The number of ether oxygens (including phenoxy) is 1. The first kappa shape index (κ1) is 16.3. The topological polar surface area (TPSA) is 35.2 Å². The Kier molecular flexibility index (Phi) is 7.24. The molecule has 0 aliphatic rings. The summed E-state index contributed by atoms with van der Waals surface area (Å²) in [5, 5.41) is 0. The van der Waals surface area contributed by atoms with Crippen LogP contribution >= 0.6 is 12.4 Å². The fraction of sp³-hybridized carbons (Fsp3) is 0.571. The van der Waals surface area contributed by atoms with E-state index in [1.165, 1.54) is 16.7 Å². The molecule has 1 rings (SSSR count). The van der Waals surface area contributed by atoms with Crippen molar-refractivity contribution >= 4 is 12.4 Å². The summed E-state index contributed by atoms with van der Waals surface area (Å²) < 4.78 is 5.77. The highest BCUT2D eigenvalue weighted by molar-refractivity contribution is 5.85. The molecule has 0 saturated carbocycles. The van der Waals surface area contributed by atoms with Crippen LogP contribution in [0.2, 0.25) is 0 Å². The van der Waals surface area contributed by atoms with E-state index in [1.54, 1.807) is 0 Å². The van der Waals surface area contributed by atoms with Crippen molar-refractivity contribution in [3.63, 3.8) is 0 Å². The predicted molar refractivity (Wildman–Crippen MR) is 76.3 cm³/mol. The molecule has 3 heteroatoms. The number of hydrogen-bond acceptors (Lipinski definition) is 2. The Morgan fingerprint density at radius 1 is 1.24 bits per heavy atom. The van der Waals surface area contributed by atoms with E-state index in [2.05, 4.69) is 32.9 Å². The molecule has 0 aliphatic heterocycles. The molecule has 0 bridgehead atoms. The van der Waals surface area contributed by atoms with Crippen LogP contribution in [0.15, 0.2) is 12.1 Å². The quantitative estimate of drug-likeness (QED) is 0.878. The van der Waals surface area contributed by atoms with E-state index in [9.17, 15) is 0 Å². The Labute approximate surface area is 111 Å². The molecule has 2 N–H and O–H groups in total. The van der Waals surface area contributed by atoms with Crippen LogP contribution < -0.4 is 10.5 Å². The maximum atomic E-state index is 5.85. The average Bonchev–Trinajstić information content (AvgIpc) is 2.20. The highest BCUT2D eigenvalue weighted by Gasteiger charge is 2.08. The van der Waals surface area contributed by atoms with Gasteiger partial charge < -0.3 is 10.5 Å². The van der Waals surface area contributed by atoms with E-state index in [0.29, 0.717) is 0 Å². The van der Waals surface area contributed by atoms with Crippen molar-refractivity contribution in [3.05, 3.63) is 28.8 Å². The van der Waals surface area contributed by atoms with Crippen LogP contribution in [0.4, 0.5) is 0 Å². The Bertz CT molecular complexity index is 350. The second-order valence-corrected chi connectivity index (χ2v) is 4.57. The lowest BCUT2D eigenvalue weighted by molar-refractivity contribution is 0.313. The van der Waals surface area contributed by atoms with E-state index in [4.69, 9.17) is 10.5 Å². The van der Waals surface area contributed by atoms with Gasteiger partial charge in [0, 0.05) is 6.04 Å². The molecule has 1 unspecified atom stereocenters. The van der Waals surface area contributed by atoms with E-state index in [0.717, 1.165) is 25.2 Å². The zero-order valence-electron chi connectivity index (χ0n) is 11.2. The molecule has 0 heterocycles. The maximum Gasteiger partial charge on any atom is 0.122 e. The lowest BCUT2D eigenvalue weighted by Crippen LogP contribution is -2.18. The molecule has 17 heavy (non-hydrogen) atoms. The third-order valence-electron chi connectivity index (χ3n) is 2.68. The average molecular weight is 258 g/mol. The van der Waals surface area contributed by atoms with Crippen LogP contribution in [0.1, 0.15) is 37.0 Å². The molecule has 2 nitrogen and oxygen atoms in total. The number of benzene rings is 1. The van der Waals surface area contributed by atoms with E-state index >= 15 is 0 Å². The lowest BCUT2D eigenvalue weighted by Gasteiger charge is -2.15. The molecular formula is C14H24ClNO. The van der Waals surface area contributed by atoms with Crippen molar-refractivity contribution in [2.75, 3.05) is 6.61 Å². The smallest absolute Gasteiger partial charge is 0.122 e. The van der Waals surface area contributed by atoms with Gasteiger partial charge in [0.2, 0.25) is 0 Å². The Morgan fingerprint density at radius 2 is 1.82 bits per heavy atom. The zero-order valence-corrected chi connectivity index (χ0v) is 12.1. The minimum absolute atomic E-state index is 0. The van der Waals surface area contributed by atoms with Gasteiger partial charge in [-0.15, -0.1) is 12.4 Å². The number of halogens is 1. The molecule has 0 fully saturated rings. The molecule has 1 aromatic carbocycles. The van der Waals surface area contributed by atoms with Crippen molar-refractivity contribution in [1.82, 2.24) is 0 Å². The Hall–Kier alpha value is -0.730. The van der Waals surface area contributed by atoms with Gasteiger partial charge in [0.05, 0.1) is 6.61 Å². The molecule has 1 atom stereocenters. The van der Waals surface area contributed by atoms with Crippen molar-refractivity contribution in [3.8, 4) is 5.75 Å². The monoisotopic (exact) mass is 257 g/mol. The van der Waals surface area contributed by atoms with Crippen LogP contribution in [-0.4, -0.2) is 12.6 Å². The largest absolute Gasteiger partial charge is 0.493 e. The third-order valence-corrected chi connectivity index (χ3v) is 2.68. The summed E-state index contributed by atoms with van der Waals surface area (Å²) in [6.07, 6.45) is 1.91. The van der Waals surface area contributed by atoms with Gasteiger partial charge in [-0.3, -0.25) is 0 Å². The molecule has 0 aliphatic carbocycles. The number of hydrogen-bond donors (Lipinski definition) is 1. The van der Waals surface area contributed by atoms with Crippen LogP contribution in [0.25, 0.3) is 0 Å². The number of rotatable bonds is 5. The summed E-state index contributed by atoms with van der Waals surface area (Å²) in [6, 6.07) is 4.50. The summed E-state index contributed by atoms with van der Waals surface area (Å²) in [4.78, 5) is 0. The van der Waals surface area contributed by atoms with Crippen LogP contribution in [0.3, 0.4) is 0 Å². The maximum absolute atomic E-state index is 5.85. The first-order valence-corrected chi connectivity index (χ1v) is 6.03. The zero-order chi connectivity index (χ0) is 12.1. The highest BCUT2D eigenvalue weighted by Crippen LogP contribution is 2.24. The van der Waals surface area contributed by atoms with Gasteiger partial charge in [0.15, 0.2) is 0 Å². The Morgan fingerprint density at radius 3 is 2.35 bits per heavy atom. The van der Waals surface area contributed by atoms with Crippen LogP contribution in [0.5, 0.6) is 5.75 Å². The van der Waals surface area contributed by atoms with E-state index < -0.39 is 0 Å². The van der Waals surface area contributed by atoms with Gasteiger partial charge in [-0.25, -0.2) is 0 Å².